The fraction of sp³-hybridized carbons (Fsp3) is 0.485. The second-order valence-electron chi connectivity index (χ2n) is 11.8. The Morgan fingerprint density at radius 3 is 1.29 bits per heavy atom. The summed E-state index contributed by atoms with van der Waals surface area (Å²) in [4.78, 5) is 69.3. The van der Waals surface area contributed by atoms with Gasteiger partial charge in [-0.2, -0.15) is 0 Å². The van der Waals surface area contributed by atoms with Gasteiger partial charge in [-0.05, 0) is 36.8 Å². The molecular formula is C33H36N2O7. The summed E-state index contributed by atoms with van der Waals surface area (Å²) in [7, 11) is 0. The van der Waals surface area contributed by atoms with E-state index in [1.165, 1.54) is 0 Å². The monoisotopic (exact) mass is 572 g/mol. The largest absolute Gasteiger partial charge is 0.512 e. The Morgan fingerprint density at radius 2 is 0.929 bits per heavy atom. The van der Waals surface area contributed by atoms with E-state index in [0.717, 1.165) is 33.8 Å². The highest BCUT2D eigenvalue weighted by molar-refractivity contribution is 6.03. The van der Waals surface area contributed by atoms with Crippen molar-refractivity contribution in [1.29, 1.82) is 0 Å². The van der Waals surface area contributed by atoms with Gasteiger partial charge in [0.25, 0.3) is 0 Å². The van der Waals surface area contributed by atoms with E-state index in [1.807, 2.05) is 60.7 Å². The lowest BCUT2D eigenvalue weighted by molar-refractivity contribution is -0.205. The van der Waals surface area contributed by atoms with E-state index >= 15 is 0 Å². The summed E-state index contributed by atoms with van der Waals surface area (Å²) in [6, 6.07) is 19.0. The average molecular weight is 573 g/mol. The zero-order valence-corrected chi connectivity index (χ0v) is 23.7. The van der Waals surface area contributed by atoms with Crippen molar-refractivity contribution in [1.82, 2.24) is 9.80 Å². The first kappa shape index (κ1) is 28.1. The summed E-state index contributed by atoms with van der Waals surface area (Å²) >= 11 is 0. The standard InChI is InChI=1S/C33H36N2O7/c36-27-17-18-28(37)34(27)32(21-9-7-15-25(32)23-11-3-1-4-12-23)41-31(40)42-33(35-29(38)19-20-30(35)39)22-10-8-16-26(33)24-13-5-2-6-14-24/h1-6,11-14,25-26H,7-10,15-22H2/t25-,26-,32+,33+/m0/s1. The predicted octanol–water partition coefficient (Wildman–Crippen LogP) is 5.55. The van der Waals surface area contributed by atoms with Crippen molar-refractivity contribution in [3.8, 4) is 0 Å². The molecule has 2 saturated carbocycles. The third-order valence-electron chi connectivity index (χ3n) is 9.43. The SMILES string of the molecule is O=C(O[C@]1(N2C(=O)CCC2=O)CCCC[C@H]1c1ccccc1)O[C@]1(N2C(=O)CCC2=O)CCCC[C@H]1c1ccccc1. The molecule has 0 bridgehead atoms. The van der Waals surface area contributed by atoms with Gasteiger partial charge in [-0.3, -0.25) is 19.2 Å². The number of hydrogen-bond acceptors (Lipinski definition) is 7. The van der Waals surface area contributed by atoms with E-state index in [0.29, 0.717) is 25.7 Å². The Labute approximate surface area is 245 Å². The summed E-state index contributed by atoms with van der Waals surface area (Å²) in [5.74, 6) is -2.42. The number of hydrogen-bond donors (Lipinski definition) is 0. The second kappa shape index (κ2) is 11.3. The minimum Gasteiger partial charge on any atom is -0.406 e. The minimum absolute atomic E-state index is 0.0529. The number of rotatable bonds is 6. The van der Waals surface area contributed by atoms with Gasteiger partial charge in [0, 0.05) is 50.4 Å². The molecule has 220 valence electrons. The first-order valence-electron chi connectivity index (χ1n) is 15.1. The molecule has 4 fully saturated rings. The second-order valence-corrected chi connectivity index (χ2v) is 11.8. The molecule has 4 amide bonds. The molecule has 2 aromatic rings. The molecule has 0 unspecified atom stereocenters. The normalized spacial score (nSPS) is 30.1. The van der Waals surface area contributed by atoms with Gasteiger partial charge in [-0.1, -0.05) is 73.5 Å². The molecule has 9 heteroatoms. The summed E-state index contributed by atoms with van der Waals surface area (Å²) in [6.07, 6.45) is 3.86. The Hall–Kier alpha value is -4.01. The van der Waals surface area contributed by atoms with Crippen molar-refractivity contribution in [2.24, 2.45) is 0 Å². The molecular weight excluding hydrogens is 536 g/mol. The number of carbonyl (C=O) groups is 5. The van der Waals surface area contributed by atoms with E-state index in [1.54, 1.807) is 0 Å². The Kier molecular flexibility index (Phi) is 7.60. The molecule has 0 radical (unpaired) electrons. The zero-order chi connectivity index (χ0) is 29.3. The van der Waals surface area contributed by atoms with Crippen molar-refractivity contribution in [2.75, 3.05) is 0 Å². The van der Waals surface area contributed by atoms with E-state index in [9.17, 15) is 24.0 Å². The third kappa shape index (κ3) is 4.78. The fourth-order valence-electron chi connectivity index (χ4n) is 7.66. The van der Waals surface area contributed by atoms with Crippen LogP contribution in [-0.2, 0) is 28.7 Å². The van der Waals surface area contributed by atoms with Crippen molar-refractivity contribution in [3.05, 3.63) is 71.8 Å². The Morgan fingerprint density at radius 1 is 0.571 bits per heavy atom. The number of ether oxygens (including phenoxy) is 2. The van der Waals surface area contributed by atoms with Crippen molar-refractivity contribution in [3.63, 3.8) is 0 Å². The smallest absolute Gasteiger partial charge is 0.406 e. The quantitative estimate of drug-likeness (QED) is 0.330. The highest BCUT2D eigenvalue weighted by Crippen LogP contribution is 2.50. The molecule has 4 aliphatic rings. The number of amides is 4. The van der Waals surface area contributed by atoms with Crippen LogP contribution in [0.2, 0.25) is 0 Å². The number of nitrogens with zero attached hydrogens (tertiary/aromatic N) is 2. The summed E-state index contributed by atoms with van der Waals surface area (Å²) in [5.41, 5.74) is -1.43. The molecule has 9 nitrogen and oxygen atoms in total. The van der Waals surface area contributed by atoms with Gasteiger partial charge < -0.3 is 9.47 Å². The number of imide groups is 2. The van der Waals surface area contributed by atoms with Crippen LogP contribution in [0.5, 0.6) is 0 Å². The predicted molar refractivity (Wildman–Crippen MR) is 151 cm³/mol. The molecule has 42 heavy (non-hydrogen) atoms. The van der Waals surface area contributed by atoms with Crippen LogP contribution in [0.4, 0.5) is 4.79 Å². The maximum absolute atomic E-state index is 14.1. The molecule has 2 aliphatic heterocycles. The maximum atomic E-state index is 14.1. The van der Waals surface area contributed by atoms with Crippen molar-refractivity contribution in [2.45, 2.75) is 100 Å². The van der Waals surface area contributed by atoms with E-state index in [2.05, 4.69) is 0 Å². The van der Waals surface area contributed by atoms with Crippen LogP contribution in [0.3, 0.4) is 0 Å². The highest BCUT2D eigenvalue weighted by Gasteiger charge is 2.59. The van der Waals surface area contributed by atoms with Gasteiger partial charge in [0.1, 0.15) is 0 Å². The summed E-state index contributed by atoms with van der Waals surface area (Å²) in [6.45, 7) is 0. The van der Waals surface area contributed by atoms with Crippen LogP contribution in [-0.4, -0.2) is 51.0 Å². The summed E-state index contributed by atoms with van der Waals surface area (Å²) < 4.78 is 12.6. The zero-order valence-electron chi connectivity index (χ0n) is 23.7. The molecule has 6 rings (SSSR count). The fourth-order valence-corrected chi connectivity index (χ4v) is 7.66. The van der Waals surface area contributed by atoms with Gasteiger partial charge in [-0.25, -0.2) is 14.6 Å². The van der Waals surface area contributed by atoms with Crippen LogP contribution < -0.4 is 0 Å². The maximum Gasteiger partial charge on any atom is 0.512 e. The van der Waals surface area contributed by atoms with Gasteiger partial charge in [0.15, 0.2) is 0 Å². The minimum atomic E-state index is -1.57. The van der Waals surface area contributed by atoms with E-state index in [4.69, 9.17) is 9.47 Å². The van der Waals surface area contributed by atoms with Crippen molar-refractivity contribution >= 4 is 29.8 Å². The summed E-state index contributed by atoms with van der Waals surface area (Å²) in [5, 5.41) is 0. The van der Waals surface area contributed by atoms with Gasteiger partial charge in [0.2, 0.25) is 35.1 Å². The highest BCUT2D eigenvalue weighted by atomic mass is 16.8. The van der Waals surface area contributed by atoms with Crippen LogP contribution in [0.25, 0.3) is 0 Å². The number of benzene rings is 2. The average Bonchev–Trinajstić information content (AvgIpc) is 3.53. The first-order valence-corrected chi connectivity index (χ1v) is 15.1. The van der Waals surface area contributed by atoms with Crippen LogP contribution in [0.1, 0.15) is 100 Å². The van der Waals surface area contributed by atoms with Crippen LogP contribution in [0.15, 0.2) is 60.7 Å². The van der Waals surface area contributed by atoms with Gasteiger partial charge in [-0.15, -0.1) is 0 Å². The molecule has 2 aromatic carbocycles. The first-order chi connectivity index (χ1) is 20.4. The molecule has 2 heterocycles. The van der Waals surface area contributed by atoms with E-state index in [-0.39, 0.29) is 62.2 Å². The molecule has 0 spiro atoms. The van der Waals surface area contributed by atoms with Crippen LogP contribution >= 0.6 is 0 Å². The van der Waals surface area contributed by atoms with E-state index < -0.39 is 29.4 Å². The topological polar surface area (TPSA) is 110 Å². The Bertz CT molecular complexity index is 1240. The van der Waals surface area contributed by atoms with Crippen LogP contribution in [0, 0.1) is 0 Å². The molecule has 0 aromatic heterocycles. The molecule has 4 atom stereocenters. The lowest BCUT2D eigenvalue weighted by atomic mass is 9.75. The Balaban J connectivity index is 1.42. The van der Waals surface area contributed by atoms with Gasteiger partial charge >= 0.3 is 6.16 Å². The third-order valence-corrected chi connectivity index (χ3v) is 9.43. The lowest BCUT2D eigenvalue weighted by Crippen LogP contribution is -2.62. The molecule has 2 saturated heterocycles. The lowest BCUT2D eigenvalue weighted by Gasteiger charge is -2.50. The number of likely N-dealkylation sites (tertiary alicyclic amines) is 2. The van der Waals surface area contributed by atoms with Crippen molar-refractivity contribution < 1.29 is 33.4 Å². The molecule has 0 N–H and O–H groups in total. The van der Waals surface area contributed by atoms with Gasteiger partial charge in [0.05, 0.1) is 0 Å². The number of carbonyl (C=O) groups excluding carboxylic acids is 5. The molecule has 2 aliphatic carbocycles.